The monoisotopic (exact) mass is 165 g/mol. The molecule has 1 heterocycles. The predicted octanol–water partition coefficient (Wildman–Crippen LogP) is -1.99. The molecule has 0 aromatic heterocycles. The molecule has 66 valence electrons. The summed E-state index contributed by atoms with van der Waals surface area (Å²) in [7, 11) is 0. The molecule has 0 aromatic carbocycles. The third kappa shape index (κ3) is 1.67. The number of hydrogen-bond acceptors (Lipinski definition) is 4. The van der Waals surface area contributed by atoms with Gasteiger partial charge in [-0.15, -0.1) is 0 Å². The Kier molecular flexibility index (Phi) is 2.78. The van der Waals surface area contributed by atoms with Gasteiger partial charge in [-0.05, 0) is 0 Å². The Labute approximate surface area is 63.7 Å². The lowest BCUT2D eigenvalue weighted by Crippen LogP contribution is -2.60. The Morgan fingerprint density at radius 3 is 2.45 bits per heavy atom. The molecule has 4 atom stereocenters. The molecule has 0 amide bonds. The van der Waals surface area contributed by atoms with Gasteiger partial charge in [-0.1, -0.05) is 0 Å². The number of β-amino-alcohol motifs (C(OH)–C–C–N with tert-alkyl or cyclic N) is 1. The van der Waals surface area contributed by atoms with E-state index >= 15 is 0 Å². The van der Waals surface area contributed by atoms with Gasteiger partial charge in [-0.2, -0.15) is 0 Å². The first-order valence-corrected chi connectivity index (χ1v) is 3.50. The van der Waals surface area contributed by atoms with Gasteiger partial charge in [0.1, 0.15) is 18.9 Å². The highest BCUT2D eigenvalue weighted by molar-refractivity contribution is 4.91. The molecule has 1 aliphatic heterocycles. The summed E-state index contributed by atoms with van der Waals surface area (Å²) in [5.74, 6) is 0. The number of halogens is 1. The first-order chi connectivity index (χ1) is 5.16. The Bertz CT molecular complexity index is 133. The largest absolute Gasteiger partial charge is 0.389 e. The van der Waals surface area contributed by atoms with Gasteiger partial charge in [-0.3, -0.25) is 0 Å². The number of nitrogens with one attached hydrogen (secondary N) is 1. The van der Waals surface area contributed by atoms with Gasteiger partial charge in [0.25, 0.3) is 0 Å². The van der Waals surface area contributed by atoms with E-state index in [0.717, 1.165) is 0 Å². The van der Waals surface area contributed by atoms with Crippen LogP contribution in [0.5, 0.6) is 0 Å². The van der Waals surface area contributed by atoms with Crippen molar-refractivity contribution in [2.45, 2.75) is 24.4 Å². The molecule has 0 bridgehead atoms. The lowest BCUT2D eigenvalue weighted by Gasteiger charge is -2.34. The summed E-state index contributed by atoms with van der Waals surface area (Å²) in [6.45, 7) is -0.627. The molecular formula is C6H12FNO3. The molecule has 4 N–H and O–H groups in total. The molecule has 11 heavy (non-hydrogen) atoms. The molecule has 0 spiro atoms. The van der Waals surface area contributed by atoms with E-state index in [4.69, 9.17) is 15.3 Å². The predicted molar refractivity (Wildman–Crippen MR) is 35.8 cm³/mol. The normalized spacial score (nSPS) is 45.8. The molecule has 1 fully saturated rings. The Morgan fingerprint density at radius 2 is 1.91 bits per heavy atom. The van der Waals surface area contributed by atoms with Crippen molar-refractivity contribution in [1.82, 2.24) is 5.32 Å². The standard InChI is InChI=1S/C6H12FNO3/c7-1-3-5(10)6(11)4(9)2-8-3/h3-6,8-11H,1-2H2. The third-order valence-electron chi connectivity index (χ3n) is 1.91. The highest BCUT2D eigenvalue weighted by Crippen LogP contribution is 2.10. The van der Waals surface area contributed by atoms with Crippen LogP contribution in [0.1, 0.15) is 0 Å². The Hall–Kier alpha value is -0.230. The minimum atomic E-state index is -1.24. The first kappa shape index (κ1) is 8.86. The van der Waals surface area contributed by atoms with Gasteiger partial charge in [0.2, 0.25) is 0 Å². The van der Waals surface area contributed by atoms with E-state index in [1.54, 1.807) is 0 Å². The van der Waals surface area contributed by atoms with E-state index in [2.05, 4.69) is 5.32 Å². The van der Waals surface area contributed by atoms with Crippen LogP contribution >= 0.6 is 0 Å². The average Bonchev–Trinajstić information content (AvgIpc) is 2.01. The summed E-state index contributed by atoms with van der Waals surface area (Å²) < 4.78 is 12.0. The summed E-state index contributed by atoms with van der Waals surface area (Å²) in [4.78, 5) is 0. The van der Waals surface area contributed by atoms with Gasteiger partial charge in [0.05, 0.1) is 12.1 Å². The van der Waals surface area contributed by atoms with Crippen molar-refractivity contribution in [1.29, 1.82) is 0 Å². The maximum atomic E-state index is 12.0. The van der Waals surface area contributed by atoms with Crippen molar-refractivity contribution in [3.8, 4) is 0 Å². The molecule has 4 unspecified atom stereocenters. The second-order valence-electron chi connectivity index (χ2n) is 2.72. The van der Waals surface area contributed by atoms with E-state index in [1.165, 1.54) is 0 Å². The molecule has 0 radical (unpaired) electrons. The van der Waals surface area contributed by atoms with Crippen molar-refractivity contribution in [3.63, 3.8) is 0 Å². The fourth-order valence-corrected chi connectivity index (χ4v) is 1.13. The zero-order valence-corrected chi connectivity index (χ0v) is 5.94. The van der Waals surface area contributed by atoms with E-state index < -0.39 is 31.0 Å². The second-order valence-corrected chi connectivity index (χ2v) is 2.72. The van der Waals surface area contributed by atoms with E-state index in [-0.39, 0.29) is 6.54 Å². The molecule has 1 saturated heterocycles. The molecular weight excluding hydrogens is 153 g/mol. The third-order valence-corrected chi connectivity index (χ3v) is 1.91. The summed E-state index contributed by atoms with van der Waals surface area (Å²) in [5, 5.41) is 29.7. The number of piperidine rings is 1. The minimum Gasteiger partial charge on any atom is -0.389 e. The van der Waals surface area contributed by atoms with Crippen molar-refractivity contribution in [2.24, 2.45) is 0 Å². The number of rotatable bonds is 1. The number of alkyl halides is 1. The molecule has 1 rings (SSSR count). The molecule has 1 aliphatic rings. The highest BCUT2D eigenvalue weighted by Gasteiger charge is 2.35. The minimum absolute atomic E-state index is 0.118. The SMILES string of the molecule is OC1CNC(CF)C(O)C1O. The first-order valence-electron chi connectivity index (χ1n) is 3.50. The maximum Gasteiger partial charge on any atom is 0.109 e. The van der Waals surface area contributed by atoms with E-state index in [9.17, 15) is 4.39 Å². The Balaban J connectivity index is 2.52. The van der Waals surface area contributed by atoms with Gasteiger partial charge >= 0.3 is 0 Å². The van der Waals surface area contributed by atoms with Crippen LogP contribution in [0.15, 0.2) is 0 Å². The molecule has 0 aromatic rings. The maximum absolute atomic E-state index is 12.0. The van der Waals surface area contributed by atoms with Crippen molar-refractivity contribution >= 4 is 0 Å². The van der Waals surface area contributed by atoms with E-state index in [0.29, 0.717) is 0 Å². The highest BCUT2D eigenvalue weighted by atomic mass is 19.1. The van der Waals surface area contributed by atoms with Crippen LogP contribution in [0.4, 0.5) is 4.39 Å². The Morgan fingerprint density at radius 1 is 1.27 bits per heavy atom. The van der Waals surface area contributed by atoms with E-state index in [1.807, 2.05) is 0 Å². The summed E-state index contributed by atoms with van der Waals surface area (Å²) in [5.41, 5.74) is 0. The summed E-state index contributed by atoms with van der Waals surface area (Å²) in [6, 6.07) is -0.756. The number of aliphatic hydroxyl groups excluding tert-OH is 3. The van der Waals surface area contributed by atoms with Crippen LogP contribution in [0.25, 0.3) is 0 Å². The lowest BCUT2D eigenvalue weighted by molar-refractivity contribution is -0.0966. The van der Waals surface area contributed by atoms with Crippen LogP contribution in [-0.2, 0) is 0 Å². The fourth-order valence-electron chi connectivity index (χ4n) is 1.13. The van der Waals surface area contributed by atoms with Gasteiger partial charge in [-0.25, -0.2) is 4.39 Å². The fraction of sp³-hybridized carbons (Fsp3) is 1.00. The van der Waals surface area contributed by atoms with Crippen LogP contribution in [-0.4, -0.2) is 52.9 Å². The molecule has 0 saturated carbocycles. The zero-order valence-electron chi connectivity index (χ0n) is 5.94. The lowest BCUT2D eigenvalue weighted by atomic mass is 9.97. The van der Waals surface area contributed by atoms with Crippen LogP contribution < -0.4 is 5.32 Å². The quantitative estimate of drug-likeness (QED) is 0.363. The second kappa shape index (κ2) is 3.44. The van der Waals surface area contributed by atoms with Gasteiger partial charge in [0.15, 0.2) is 0 Å². The van der Waals surface area contributed by atoms with Crippen LogP contribution in [0, 0.1) is 0 Å². The smallest absolute Gasteiger partial charge is 0.109 e. The van der Waals surface area contributed by atoms with Crippen molar-refractivity contribution < 1.29 is 19.7 Å². The van der Waals surface area contributed by atoms with Crippen molar-refractivity contribution in [2.75, 3.05) is 13.2 Å². The summed E-state index contributed by atoms with van der Waals surface area (Å²) in [6.07, 6.45) is -3.46. The topological polar surface area (TPSA) is 72.7 Å². The molecule has 0 aliphatic carbocycles. The molecule has 5 heteroatoms. The summed E-state index contributed by atoms with van der Waals surface area (Å²) >= 11 is 0. The van der Waals surface area contributed by atoms with Crippen molar-refractivity contribution in [3.05, 3.63) is 0 Å². The van der Waals surface area contributed by atoms with Crippen LogP contribution in [0.3, 0.4) is 0 Å². The average molecular weight is 165 g/mol. The molecule has 4 nitrogen and oxygen atoms in total. The van der Waals surface area contributed by atoms with Crippen LogP contribution in [0.2, 0.25) is 0 Å². The van der Waals surface area contributed by atoms with Gasteiger partial charge < -0.3 is 20.6 Å². The number of aliphatic hydroxyl groups is 3. The van der Waals surface area contributed by atoms with Gasteiger partial charge in [0, 0.05) is 6.54 Å². The zero-order chi connectivity index (χ0) is 8.43. The number of hydrogen-bond donors (Lipinski definition) is 4.